The Hall–Kier alpha value is -2.27. The number of ketones is 1. The highest BCUT2D eigenvalue weighted by Crippen LogP contribution is 2.46. The molecule has 1 unspecified atom stereocenters. The number of ether oxygens (including phenoxy) is 2. The van der Waals surface area contributed by atoms with Gasteiger partial charge in [0.2, 0.25) is 0 Å². The lowest BCUT2D eigenvalue weighted by Crippen LogP contribution is -2.31. The minimum absolute atomic E-state index is 0.0469. The monoisotopic (exact) mass is 361 g/mol. The molecule has 2 aliphatic heterocycles. The van der Waals surface area contributed by atoms with E-state index in [9.17, 15) is 9.59 Å². The summed E-state index contributed by atoms with van der Waals surface area (Å²) >= 11 is 6.01. The second-order valence-corrected chi connectivity index (χ2v) is 6.60. The van der Waals surface area contributed by atoms with Gasteiger partial charge in [-0.2, -0.15) is 0 Å². The Bertz CT molecular complexity index is 779. The molecule has 0 bridgehead atoms. The van der Waals surface area contributed by atoms with Crippen LogP contribution in [0.3, 0.4) is 0 Å². The summed E-state index contributed by atoms with van der Waals surface area (Å²) in [5.41, 5.74) is 3.34. The molecule has 0 aromatic heterocycles. The second kappa shape index (κ2) is 6.92. The normalized spacial score (nSPS) is 19.8. The van der Waals surface area contributed by atoms with Crippen molar-refractivity contribution in [3.8, 4) is 0 Å². The molecule has 1 atom stereocenters. The minimum Gasteiger partial charge on any atom is -0.437 e. The van der Waals surface area contributed by atoms with Crippen molar-refractivity contribution in [2.75, 3.05) is 13.7 Å². The minimum atomic E-state index is -0.782. The van der Waals surface area contributed by atoms with E-state index < -0.39 is 12.1 Å². The van der Waals surface area contributed by atoms with Gasteiger partial charge < -0.3 is 14.4 Å². The molecule has 1 aromatic rings. The van der Waals surface area contributed by atoms with Gasteiger partial charge in [0.15, 0.2) is 5.78 Å². The summed E-state index contributed by atoms with van der Waals surface area (Å²) in [6.07, 6.45) is 0.953. The molecule has 6 heteroatoms. The summed E-state index contributed by atoms with van der Waals surface area (Å²) in [4.78, 5) is 26.4. The number of methoxy groups -OCH3 is 1. The molecule has 3 rings (SSSR count). The maximum Gasteiger partial charge on any atom is 0.513 e. The molecule has 25 heavy (non-hydrogen) atoms. The Morgan fingerprint density at radius 3 is 2.52 bits per heavy atom. The van der Waals surface area contributed by atoms with E-state index in [1.165, 1.54) is 7.11 Å². The largest absolute Gasteiger partial charge is 0.513 e. The first-order valence-electron chi connectivity index (χ1n) is 8.17. The molecule has 132 valence electrons. The summed E-state index contributed by atoms with van der Waals surface area (Å²) in [7, 11) is 1.27. The Kier molecular flexibility index (Phi) is 4.86. The van der Waals surface area contributed by atoms with Crippen molar-refractivity contribution in [3.63, 3.8) is 0 Å². The molecule has 0 radical (unpaired) electrons. The van der Waals surface area contributed by atoms with Crippen LogP contribution in [0.2, 0.25) is 5.02 Å². The third kappa shape index (κ3) is 3.16. The molecular formula is C19H20ClNO4. The Labute approximate surface area is 151 Å². The van der Waals surface area contributed by atoms with Crippen LogP contribution >= 0.6 is 11.6 Å². The molecule has 0 spiro atoms. The van der Waals surface area contributed by atoms with Gasteiger partial charge in [-0.25, -0.2) is 4.79 Å². The van der Waals surface area contributed by atoms with Gasteiger partial charge in [-0.15, -0.1) is 0 Å². The van der Waals surface area contributed by atoms with Gasteiger partial charge in [0.1, 0.15) is 5.76 Å². The summed E-state index contributed by atoms with van der Waals surface area (Å²) in [6, 6.07) is 7.25. The number of nitrogens with zero attached hydrogens (tertiary/aromatic N) is 1. The lowest BCUT2D eigenvalue weighted by atomic mass is 9.82. The number of Topliss-reactive ketones (excluding diaryl/α,β-unsaturated/α-hetero) is 1. The Morgan fingerprint density at radius 2 is 1.92 bits per heavy atom. The van der Waals surface area contributed by atoms with Crippen molar-refractivity contribution in [1.82, 2.24) is 4.90 Å². The third-order valence-corrected chi connectivity index (χ3v) is 4.95. The van der Waals surface area contributed by atoms with Gasteiger partial charge in [-0.1, -0.05) is 23.7 Å². The zero-order chi connectivity index (χ0) is 18.1. The van der Waals surface area contributed by atoms with Crippen LogP contribution in [0.15, 0.2) is 47.0 Å². The number of benzene rings is 1. The smallest absolute Gasteiger partial charge is 0.437 e. The Balaban J connectivity index is 2.18. The van der Waals surface area contributed by atoms with Crippen molar-refractivity contribution >= 4 is 23.5 Å². The fourth-order valence-electron chi connectivity index (χ4n) is 3.63. The average Bonchev–Trinajstić information content (AvgIpc) is 3.07. The van der Waals surface area contributed by atoms with Crippen LogP contribution in [0, 0.1) is 0 Å². The summed E-state index contributed by atoms with van der Waals surface area (Å²) in [5, 5.41) is 0.607. The highest BCUT2D eigenvalue weighted by molar-refractivity contribution is 6.30. The quantitative estimate of drug-likeness (QED) is 0.747. The van der Waals surface area contributed by atoms with E-state index in [-0.39, 0.29) is 5.78 Å². The number of hydrogen-bond donors (Lipinski definition) is 0. The van der Waals surface area contributed by atoms with Gasteiger partial charge in [-0.3, -0.25) is 4.79 Å². The molecule has 2 aliphatic rings. The highest BCUT2D eigenvalue weighted by Gasteiger charge is 2.40. The number of carbonyl (C=O) groups is 2. The number of rotatable bonds is 3. The molecule has 2 heterocycles. The van der Waals surface area contributed by atoms with E-state index in [4.69, 9.17) is 21.1 Å². The molecule has 1 fully saturated rings. The summed E-state index contributed by atoms with van der Waals surface area (Å²) in [5.74, 6) is -0.0185. The molecule has 0 amide bonds. The van der Waals surface area contributed by atoms with E-state index in [2.05, 4.69) is 4.90 Å². The number of carbonyl (C=O) groups excluding carboxylic acids is 2. The third-order valence-electron chi connectivity index (χ3n) is 4.69. The summed E-state index contributed by atoms with van der Waals surface area (Å²) < 4.78 is 10.2. The first-order chi connectivity index (χ1) is 11.9. The van der Waals surface area contributed by atoms with Crippen LogP contribution in [0.5, 0.6) is 0 Å². The lowest BCUT2D eigenvalue weighted by Gasteiger charge is -2.35. The predicted octanol–water partition coefficient (Wildman–Crippen LogP) is 4.39. The Morgan fingerprint density at radius 1 is 1.24 bits per heavy atom. The topological polar surface area (TPSA) is 55.8 Å². The van der Waals surface area contributed by atoms with Gasteiger partial charge in [0.25, 0.3) is 0 Å². The standard InChI is InChI=1S/C19H20ClNO4/c1-11-16(12(2)22)17(13-6-8-14(20)9-7-13)18(25-19(23)24-3)15-5-4-10-21(11)15/h6-9,17H,4-5,10H2,1-3H3. The van der Waals surface area contributed by atoms with Crippen molar-refractivity contribution in [3.05, 3.63) is 57.6 Å². The zero-order valence-corrected chi connectivity index (χ0v) is 15.2. The van der Waals surface area contributed by atoms with Gasteiger partial charge in [0, 0.05) is 22.8 Å². The molecule has 1 aromatic carbocycles. The molecule has 0 saturated carbocycles. The van der Waals surface area contributed by atoms with Crippen LogP contribution in [-0.2, 0) is 14.3 Å². The maximum atomic E-state index is 12.4. The van der Waals surface area contributed by atoms with Crippen molar-refractivity contribution in [2.45, 2.75) is 32.6 Å². The van der Waals surface area contributed by atoms with Gasteiger partial charge in [0.05, 0.1) is 18.7 Å². The average molecular weight is 362 g/mol. The second-order valence-electron chi connectivity index (χ2n) is 6.16. The highest BCUT2D eigenvalue weighted by atomic mass is 35.5. The predicted molar refractivity (Wildman–Crippen MR) is 94.0 cm³/mol. The van der Waals surface area contributed by atoms with E-state index in [1.807, 2.05) is 19.1 Å². The van der Waals surface area contributed by atoms with Crippen LogP contribution in [0.1, 0.15) is 38.2 Å². The van der Waals surface area contributed by atoms with Gasteiger partial charge in [-0.05, 0) is 44.4 Å². The zero-order valence-electron chi connectivity index (χ0n) is 14.5. The SMILES string of the molecule is COC(=O)OC1=C2CCCN2C(C)=C(C(C)=O)C1c1ccc(Cl)cc1. The van der Waals surface area contributed by atoms with E-state index in [1.54, 1.807) is 19.1 Å². The first-order valence-corrected chi connectivity index (χ1v) is 8.55. The van der Waals surface area contributed by atoms with Crippen LogP contribution < -0.4 is 0 Å². The maximum absolute atomic E-state index is 12.4. The first kappa shape index (κ1) is 17.5. The number of halogens is 1. The molecule has 1 saturated heterocycles. The van der Waals surface area contributed by atoms with E-state index in [0.29, 0.717) is 16.4 Å². The molecule has 0 aliphatic carbocycles. The number of allylic oxidation sites excluding steroid dienone is 3. The van der Waals surface area contributed by atoms with Crippen LogP contribution in [0.25, 0.3) is 0 Å². The fraction of sp³-hybridized carbons (Fsp3) is 0.368. The van der Waals surface area contributed by atoms with Crippen LogP contribution in [0.4, 0.5) is 4.79 Å². The molecule has 5 nitrogen and oxygen atoms in total. The summed E-state index contributed by atoms with van der Waals surface area (Å²) in [6.45, 7) is 4.29. The van der Waals surface area contributed by atoms with Crippen molar-refractivity contribution in [2.24, 2.45) is 0 Å². The number of hydrogen-bond acceptors (Lipinski definition) is 5. The fourth-order valence-corrected chi connectivity index (χ4v) is 3.76. The van der Waals surface area contributed by atoms with E-state index >= 15 is 0 Å². The lowest BCUT2D eigenvalue weighted by molar-refractivity contribution is -0.114. The molecular weight excluding hydrogens is 342 g/mol. The van der Waals surface area contributed by atoms with Crippen LogP contribution in [-0.4, -0.2) is 30.5 Å². The van der Waals surface area contributed by atoms with Crippen molar-refractivity contribution in [1.29, 1.82) is 0 Å². The van der Waals surface area contributed by atoms with Gasteiger partial charge >= 0.3 is 6.16 Å². The van der Waals surface area contributed by atoms with E-state index in [0.717, 1.165) is 36.3 Å². The molecule has 0 N–H and O–H groups in total. The number of fused-ring (bicyclic) bond motifs is 1. The van der Waals surface area contributed by atoms with Crippen molar-refractivity contribution < 1.29 is 19.1 Å².